The second-order valence-corrected chi connectivity index (χ2v) is 2.55. The average molecular weight is 142 g/mol. The molecule has 1 heterocycles. The topological polar surface area (TPSA) is 50.2 Å². The minimum atomic E-state index is -0.991. The fraction of sp³-hybridized carbons (Fsp3) is 0. The van der Waals surface area contributed by atoms with E-state index < -0.39 is 5.97 Å². The molecule has 0 aliphatic rings. The van der Waals surface area contributed by atoms with Crippen LogP contribution in [0.15, 0.2) is 6.20 Å². The summed E-state index contributed by atoms with van der Waals surface area (Å²) in [5, 5.41) is 8.42. The van der Waals surface area contributed by atoms with E-state index in [4.69, 9.17) is 5.11 Å². The summed E-state index contributed by atoms with van der Waals surface area (Å²) in [7, 11) is 0. The lowest BCUT2D eigenvalue weighted by Crippen LogP contribution is -1.92. The van der Waals surface area contributed by atoms with Gasteiger partial charge in [-0.05, 0) is 6.92 Å². The van der Waals surface area contributed by atoms with Gasteiger partial charge in [0.1, 0.15) is 0 Å². The van der Waals surface area contributed by atoms with Crippen LogP contribution in [0.25, 0.3) is 0 Å². The molecule has 0 amide bonds. The van der Waals surface area contributed by atoms with Gasteiger partial charge >= 0.3 is 5.97 Å². The van der Waals surface area contributed by atoms with Gasteiger partial charge in [-0.1, -0.05) is 0 Å². The minimum absolute atomic E-state index is 0.0972. The zero-order chi connectivity index (χ0) is 6.85. The van der Waals surface area contributed by atoms with Crippen molar-refractivity contribution < 1.29 is 9.90 Å². The Morgan fingerprint density at radius 2 is 2.56 bits per heavy atom. The van der Waals surface area contributed by atoms with Gasteiger partial charge in [0.15, 0.2) is 0 Å². The Hall–Kier alpha value is -0.900. The van der Waals surface area contributed by atoms with Crippen molar-refractivity contribution in [3.63, 3.8) is 0 Å². The number of nitrogens with zero attached hydrogens (tertiary/aromatic N) is 1. The second-order valence-electron chi connectivity index (χ2n) is 1.44. The van der Waals surface area contributed by atoms with Crippen LogP contribution in [0.5, 0.6) is 0 Å². The van der Waals surface area contributed by atoms with Crippen molar-refractivity contribution in [1.29, 1.82) is 0 Å². The summed E-state index contributed by atoms with van der Waals surface area (Å²) < 4.78 is 0. The third kappa shape index (κ3) is 1.26. The van der Waals surface area contributed by atoms with Crippen molar-refractivity contribution in [1.82, 2.24) is 4.98 Å². The van der Waals surface area contributed by atoms with E-state index in [1.807, 2.05) is 0 Å². The Balaban J connectivity index is 2.98. The van der Waals surface area contributed by atoms with Crippen molar-refractivity contribution >= 4 is 17.3 Å². The highest BCUT2D eigenvalue weighted by atomic mass is 32.1. The van der Waals surface area contributed by atoms with Gasteiger partial charge in [-0.25, -0.2) is 9.78 Å². The van der Waals surface area contributed by atoms with Crippen molar-refractivity contribution in [2.75, 3.05) is 0 Å². The molecular weight excluding hydrogens is 138 g/mol. The molecule has 0 spiro atoms. The fourth-order valence-electron chi connectivity index (χ4n) is 0.406. The standard InChI is InChI=1S/C5H4NO2S/c1-3-2-6-4(9-3)5(7)8/h2H,1H2,(H,7,8). The molecule has 0 aliphatic carbocycles. The Labute approximate surface area is 56.0 Å². The van der Waals surface area contributed by atoms with Crippen molar-refractivity contribution in [2.24, 2.45) is 0 Å². The van der Waals surface area contributed by atoms with Gasteiger partial charge < -0.3 is 5.11 Å². The Morgan fingerprint density at radius 1 is 1.89 bits per heavy atom. The zero-order valence-corrected chi connectivity index (χ0v) is 5.31. The van der Waals surface area contributed by atoms with Gasteiger partial charge in [-0.2, -0.15) is 0 Å². The molecule has 0 saturated heterocycles. The van der Waals surface area contributed by atoms with E-state index in [1.165, 1.54) is 6.20 Å². The smallest absolute Gasteiger partial charge is 0.365 e. The number of aromatic carboxylic acids is 1. The highest BCUT2D eigenvalue weighted by Gasteiger charge is 2.05. The summed E-state index contributed by atoms with van der Waals surface area (Å²) in [6.07, 6.45) is 1.44. The van der Waals surface area contributed by atoms with Gasteiger partial charge in [0.2, 0.25) is 5.01 Å². The van der Waals surface area contributed by atoms with Crippen LogP contribution >= 0.6 is 11.3 Å². The number of carboxylic acid groups (broad SMARTS) is 1. The molecule has 1 aromatic rings. The maximum Gasteiger partial charge on any atom is 0.365 e. The van der Waals surface area contributed by atoms with E-state index in [9.17, 15) is 4.79 Å². The molecule has 1 aromatic heterocycles. The maximum absolute atomic E-state index is 10.1. The molecule has 9 heavy (non-hydrogen) atoms. The van der Waals surface area contributed by atoms with Gasteiger partial charge in [0.05, 0.1) is 0 Å². The molecule has 0 aromatic carbocycles. The molecule has 0 saturated carbocycles. The average Bonchev–Trinajstić information content (AvgIpc) is 2.14. The number of hydrogen-bond donors (Lipinski definition) is 1. The summed E-state index contributed by atoms with van der Waals surface area (Å²) in [6, 6.07) is 0. The van der Waals surface area contributed by atoms with E-state index in [0.717, 1.165) is 11.3 Å². The molecule has 0 atom stereocenters. The van der Waals surface area contributed by atoms with E-state index in [-0.39, 0.29) is 5.01 Å². The lowest BCUT2D eigenvalue weighted by molar-refractivity contribution is 0.0696. The molecule has 1 rings (SSSR count). The van der Waals surface area contributed by atoms with Gasteiger partial charge in [-0.15, -0.1) is 11.3 Å². The molecule has 0 fully saturated rings. The maximum atomic E-state index is 10.1. The van der Waals surface area contributed by atoms with Crippen LogP contribution in [-0.2, 0) is 0 Å². The quantitative estimate of drug-likeness (QED) is 0.637. The highest BCUT2D eigenvalue weighted by molar-refractivity contribution is 7.13. The van der Waals surface area contributed by atoms with Gasteiger partial charge in [0.25, 0.3) is 0 Å². The Bertz CT molecular complexity index is 231. The Kier molecular flexibility index (Phi) is 1.48. The molecule has 0 unspecified atom stereocenters. The number of rotatable bonds is 1. The van der Waals surface area contributed by atoms with E-state index in [1.54, 1.807) is 0 Å². The lowest BCUT2D eigenvalue weighted by Gasteiger charge is -1.78. The molecule has 4 heteroatoms. The van der Waals surface area contributed by atoms with Gasteiger partial charge in [-0.3, -0.25) is 0 Å². The first-order valence-electron chi connectivity index (χ1n) is 2.21. The van der Waals surface area contributed by atoms with E-state index in [0.29, 0.717) is 4.88 Å². The minimum Gasteiger partial charge on any atom is -0.476 e. The lowest BCUT2D eigenvalue weighted by atomic mass is 10.6. The summed E-state index contributed by atoms with van der Waals surface area (Å²) in [6.45, 7) is 3.52. The fourth-order valence-corrected chi connectivity index (χ4v) is 0.953. The predicted molar refractivity (Wildman–Crippen MR) is 33.5 cm³/mol. The molecule has 1 radical (unpaired) electrons. The van der Waals surface area contributed by atoms with E-state index in [2.05, 4.69) is 11.9 Å². The third-order valence-corrected chi connectivity index (χ3v) is 1.58. The molecule has 1 N–H and O–H groups in total. The van der Waals surface area contributed by atoms with Crippen LogP contribution in [0, 0.1) is 6.92 Å². The summed E-state index contributed by atoms with van der Waals surface area (Å²) in [5.41, 5.74) is 0. The zero-order valence-electron chi connectivity index (χ0n) is 4.50. The van der Waals surface area contributed by atoms with E-state index >= 15 is 0 Å². The SMILES string of the molecule is [CH2]c1cnc(C(=O)O)s1. The number of aromatic nitrogens is 1. The number of thiazole rings is 1. The predicted octanol–water partition coefficient (Wildman–Crippen LogP) is 1.02. The Morgan fingerprint density at radius 3 is 2.78 bits per heavy atom. The van der Waals surface area contributed by atoms with Crippen molar-refractivity contribution in [3.8, 4) is 0 Å². The van der Waals surface area contributed by atoms with Crippen LogP contribution in [0.1, 0.15) is 14.7 Å². The monoisotopic (exact) mass is 142 g/mol. The van der Waals surface area contributed by atoms with Crippen LogP contribution in [0.2, 0.25) is 0 Å². The number of carbonyl (C=O) groups is 1. The van der Waals surface area contributed by atoms with Crippen LogP contribution in [0.3, 0.4) is 0 Å². The highest BCUT2D eigenvalue weighted by Crippen LogP contribution is 2.09. The number of hydrogen-bond acceptors (Lipinski definition) is 3. The summed E-state index contributed by atoms with van der Waals surface area (Å²) in [4.78, 5) is 14.4. The largest absolute Gasteiger partial charge is 0.476 e. The first kappa shape index (κ1) is 6.22. The van der Waals surface area contributed by atoms with Crippen LogP contribution in [-0.4, -0.2) is 16.1 Å². The third-order valence-electron chi connectivity index (χ3n) is 0.737. The van der Waals surface area contributed by atoms with Crippen molar-refractivity contribution in [3.05, 3.63) is 23.0 Å². The first-order valence-corrected chi connectivity index (χ1v) is 3.03. The molecule has 3 nitrogen and oxygen atoms in total. The van der Waals surface area contributed by atoms with Gasteiger partial charge in [0, 0.05) is 11.1 Å². The molecular formula is C5H4NO2S. The second kappa shape index (κ2) is 2.14. The van der Waals surface area contributed by atoms with Crippen LogP contribution < -0.4 is 0 Å². The first-order chi connectivity index (χ1) is 4.20. The molecule has 0 aliphatic heterocycles. The summed E-state index contributed by atoms with van der Waals surface area (Å²) in [5.74, 6) is -0.991. The van der Waals surface area contributed by atoms with Crippen LogP contribution in [0.4, 0.5) is 0 Å². The summed E-state index contributed by atoms with van der Waals surface area (Å²) >= 11 is 1.07. The normalized spacial score (nSPS) is 9.44. The number of carboxylic acids is 1. The molecule has 0 bridgehead atoms. The van der Waals surface area contributed by atoms with Crippen molar-refractivity contribution in [2.45, 2.75) is 0 Å². The molecule has 47 valence electrons.